The normalized spacial score (nSPS) is 19.1. The van der Waals surface area contributed by atoms with Gasteiger partial charge in [0.15, 0.2) is 11.6 Å². The number of halogens is 1. The SMILES string of the molecule is CC(C)(C)OC(=O)N[C@H]1COCC[C@H]1Nc1nc(-c2ccc(C#N)s2)c2c(c1F)CN(C(=O)OC(C)(C)C)C2=O. The summed E-state index contributed by atoms with van der Waals surface area (Å²) in [5.74, 6) is -1.68. The van der Waals surface area contributed by atoms with E-state index >= 15 is 4.39 Å². The van der Waals surface area contributed by atoms with E-state index in [1.54, 1.807) is 53.7 Å². The van der Waals surface area contributed by atoms with Crippen LogP contribution in [0.4, 0.5) is 19.8 Å². The third-order valence-electron chi connectivity index (χ3n) is 5.95. The zero-order valence-corrected chi connectivity index (χ0v) is 24.0. The molecule has 0 spiro atoms. The maximum absolute atomic E-state index is 16.0. The van der Waals surface area contributed by atoms with Crippen LogP contribution in [0, 0.1) is 17.1 Å². The second kappa shape index (κ2) is 11.0. The summed E-state index contributed by atoms with van der Waals surface area (Å²) in [6.45, 7) is 10.4. The van der Waals surface area contributed by atoms with Gasteiger partial charge in [0.05, 0.1) is 41.4 Å². The first-order chi connectivity index (χ1) is 18.7. The lowest BCUT2D eigenvalue weighted by atomic mass is 10.0. The molecule has 0 radical (unpaired) electrons. The van der Waals surface area contributed by atoms with Crippen molar-refractivity contribution in [2.75, 3.05) is 18.5 Å². The molecule has 0 aliphatic carbocycles. The number of amides is 3. The maximum atomic E-state index is 16.0. The van der Waals surface area contributed by atoms with Gasteiger partial charge in [-0.25, -0.2) is 23.9 Å². The highest BCUT2D eigenvalue weighted by Crippen LogP contribution is 2.39. The predicted molar refractivity (Wildman–Crippen MR) is 144 cm³/mol. The average Bonchev–Trinajstić information content (AvgIpc) is 3.45. The van der Waals surface area contributed by atoms with Crippen molar-refractivity contribution < 1.29 is 33.0 Å². The molecule has 40 heavy (non-hydrogen) atoms. The Kier molecular flexibility index (Phi) is 8.05. The second-order valence-electron chi connectivity index (χ2n) is 11.5. The summed E-state index contributed by atoms with van der Waals surface area (Å²) in [6.07, 6.45) is -1.11. The minimum atomic E-state index is -0.900. The molecule has 2 aliphatic rings. The van der Waals surface area contributed by atoms with Gasteiger partial charge in [-0.05, 0) is 60.1 Å². The number of rotatable bonds is 4. The van der Waals surface area contributed by atoms with E-state index in [-0.39, 0.29) is 35.8 Å². The molecule has 1 saturated heterocycles. The smallest absolute Gasteiger partial charge is 0.417 e. The predicted octanol–water partition coefficient (Wildman–Crippen LogP) is 4.81. The number of ether oxygens (including phenoxy) is 3. The molecule has 4 heterocycles. The molecule has 2 aromatic rings. The Hall–Kier alpha value is -3.76. The van der Waals surface area contributed by atoms with Crippen molar-refractivity contribution in [1.82, 2.24) is 15.2 Å². The van der Waals surface area contributed by atoms with Gasteiger partial charge in [0, 0.05) is 12.2 Å². The van der Waals surface area contributed by atoms with Gasteiger partial charge in [-0.2, -0.15) is 5.26 Å². The minimum absolute atomic E-state index is 0.0148. The molecule has 214 valence electrons. The van der Waals surface area contributed by atoms with Crippen molar-refractivity contribution in [3.63, 3.8) is 0 Å². The number of thiophene rings is 1. The van der Waals surface area contributed by atoms with Crippen LogP contribution >= 0.6 is 11.3 Å². The quantitative estimate of drug-likeness (QED) is 0.527. The summed E-state index contributed by atoms with van der Waals surface area (Å²) >= 11 is 1.09. The van der Waals surface area contributed by atoms with Crippen LogP contribution in [-0.2, 0) is 20.8 Å². The van der Waals surface area contributed by atoms with Gasteiger partial charge in [0.1, 0.15) is 22.1 Å². The van der Waals surface area contributed by atoms with Gasteiger partial charge >= 0.3 is 12.2 Å². The van der Waals surface area contributed by atoms with Crippen molar-refractivity contribution >= 4 is 35.2 Å². The number of pyridine rings is 1. The molecule has 2 aromatic heterocycles. The molecule has 0 bridgehead atoms. The molecule has 11 nitrogen and oxygen atoms in total. The minimum Gasteiger partial charge on any atom is -0.444 e. The molecule has 3 amide bonds. The number of nitriles is 1. The van der Waals surface area contributed by atoms with Crippen molar-refractivity contribution in [3.05, 3.63) is 34.0 Å². The third-order valence-corrected chi connectivity index (χ3v) is 6.95. The molecule has 2 atom stereocenters. The van der Waals surface area contributed by atoms with Crippen LogP contribution in [0.5, 0.6) is 0 Å². The zero-order chi connectivity index (χ0) is 29.4. The fourth-order valence-corrected chi connectivity index (χ4v) is 5.11. The van der Waals surface area contributed by atoms with E-state index in [0.717, 1.165) is 16.2 Å². The highest BCUT2D eigenvalue weighted by atomic mass is 32.1. The number of alkyl carbamates (subject to hydrolysis) is 1. The highest BCUT2D eigenvalue weighted by Gasteiger charge is 2.41. The van der Waals surface area contributed by atoms with E-state index in [9.17, 15) is 19.6 Å². The van der Waals surface area contributed by atoms with Gasteiger partial charge in [-0.15, -0.1) is 11.3 Å². The summed E-state index contributed by atoms with van der Waals surface area (Å²) in [5, 5.41) is 15.2. The largest absolute Gasteiger partial charge is 0.444 e. The molecular weight excluding hydrogens is 541 g/mol. The summed E-state index contributed by atoms with van der Waals surface area (Å²) in [4.78, 5) is 44.8. The Balaban J connectivity index is 1.70. The van der Waals surface area contributed by atoms with Crippen LogP contribution in [0.25, 0.3) is 10.6 Å². The van der Waals surface area contributed by atoms with E-state index in [1.807, 2.05) is 6.07 Å². The van der Waals surface area contributed by atoms with Gasteiger partial charge in [0.2, 0.25) is 0 Å². The van der Waals surface area contributed by atoms with Gasteiger partial charge in [-0.3, -0.25) is 4.79 Å². The lowest BCUT2D eigenvalue weighted by Crippen LogP contribution is -2.53. The molecule has 0 saturated carbocycles. The Bertz CT molecular complexity index is 1370. The van der Waals surface area contributed by atoms with Crippen molar-refractivity contribution in [3.8, 4) is 16.6 Å². The monoisotopic (exact) mass is 573 g/mol. The van der Waals surface area contributed by atoms with Crippen LogP contribution < -0.4 is 10.6 Å². The molecule has 1 fully saturated rings. The number of aromatic nitrogens is 1. The maximum Gasteiger partial charge on any atom is 0.417 e. The fourth-order valence-electron chi connectivity index (χ4n) is 4.31. The standard InChI is InChI=1S/C27H32FN5O6S/c1-26(2,3)38-24(35)31-17-13-37-10-9-16(17)30-22-20(28)15-12-33(25(36)39-27(4,5)6)23(34)19(15)21(32-22)18-8-7-14(11-29)40-18/h7-8,16-17H,9-10,12-13H2,1-6H3,(H,30,32)(H,31,35)/t16-,17+/m1/s1. The first kappa shape index (κ1) is 29.2. The van der Waals surface area contributed by atoms with E-state index in [0.29, 0.717) is 22.8 Å². The Morgan fingerprint density at radius 2 is 1.88 bits per heavy atom. The van der Waals surface area contributed by atoms with E-state index in [1.165, 1.54) is 0 Å². The Morgan fingerprint density at radius 3 is 2.50 bits per heavy atom. The van der Waals surface area contributed by atoms with Crippen molar-refractivity contribution in [2.24, 2.45) is 0 Å². The molecular formula is C27H32FN5O6S. The second-order valence-corrected chi connectivity index (χ2v) is 12.6. The number of carbonyl (C=O) groups is 3. The van der Waals surface area contributed by atoms with Crippen LogP contribution in [0.15, 0.2) is 12.1 Å². The lowest BCUT2D eigenvalue weighted by Gasteiger charge is -2.33. The summed E-state index contributed by atoms with van der Waals surface area (Å²) in [5.41, 5.74) is -1.51. The van der Waals surface area contributed by atoms with Crippen molar-refractivity contribution in [2.45, 2.75) is 77.8 Å². The van der Waals surface area contributed by atoms with E-state index in [4.69, 9.17) is 14.2 Å². The number of imide groups is 1. The number of nitrogens with zero attached hydrogens (tertiary/aromatic N) is 3. The molecule has 2 aliphatic heterocycles. The third kappa shape index (κ3) is 6.51. The van der Waals surface area contributed by atoms with Crippen LogP contribution in [-0.4, -0.2) is 64.5 Å². The number of hydrogen-bond acceptors (Lipinski definition) is 10. The van der Waals surface area contributed by atoms with Gasteiger partial charge in [-0.1, -0.05) is 0 Å². The number of anilines is 1. The molecule has 4 rings (SSSR count). The number of fused-ring (bicyclic) bond motifs is 1. The number of nitrogens with one attached hydrogen (secondary N) is 2. The first-order valence-corrected chi connectivity index (χ1v) is 13.6. The summed E-state index contributed by atoms with van der Waals surface area (Å²) in [6, 6.07) is 4.21. The van der Waals surface area contributed by atoms with Crippen LogP contribution in [0.2, 0.25) is 0 Å². The summed E-state index contributed by atoms with van der Waals surface area (Å²) in [7, 11) is 0. The molecule has 13 heteroatoms. The van der Waals surface area contributed by atoms with E-state index in [2.05, 4.69) is 15.6 Å². The van der Waals surface area contributed by atoms with Gasteiger partial charge < -0.3 is 24.8 Å². The molecule has 0 aromatic carbocycles. The average molecular weight is 574 g/mol. The zero-order valence-electron chi connectivity index (χ0n) is 23.2. The Labute approximate surface area is 235 Å². The highest BCUT2D eigenvalue weighted by molar-refractivity contribution is 7.16. The number of carbonyl (C=O) groups excluding carboxylic acids is 3. The van der Waals surface area contributed by atoms with Gasteiger partial charge in [0.25, 0.3) is 5.91 Å². The molecule has 0 unspecified atom stereocenters. The summed E-state index contributed by atoms with van der Waals surface area (Å²) < 4.78 is 32.3. The first-order valence-electron chi connectivity index (χ1n) is 12.8. The fraction of sp³-hybridized carbons (Fsp3) is 0.519. The number of hydrogen-bond donors (Lipinski definition) is 2. The van der Waals surface area contributed by atoms with E-state index < -0.39 is 47.2 Å². The lowest BCUT2D eigenvalue weighted by molar-refractivity contribution is 0.0246. The topological polar surface area (TPSA) is 143 Å². The van der Waals surface area contributed by atoms with Crippen LogP contribution in [0.1, 0.15) is 68.8 Å². The van der Waals surface area contributed by atoms with Crippen molar-refractivity contribution in [1.29, 1.82) is 5.26 Å². The van der Waals surface area contributed by atoms with Crippen LogP contribution in [0.3, 0.4) is 0 Å². The molecule has 2 N–H and O–H groups in total. The Morgan fingerprint density at radius 1 is 1.18 bits per heavy atom.